The molecule has 0 unspecified atom stereocenters. The highest BCUT2D eigenvalue weighted by Gasteiger charge is 2.41. The number of aromatic amines is 1. The largest absolute Gasteiger partial charge is 0.367 e. The molecule has 2 saturated heterocycles. The van der Waals surface area contributed by atoms with Gasteiger partial charge in [-0.25, -0.2) is 4.39 Å². The van der Waals surface area contributed by atoms with Crippen LogP contribution in [0.1, 0.15) is 48.1 Å². The number of benzene rings is 1. The van der Waals surface area contributed by atoms with E-state index in [1.807, 2.05) is 38.1 Å². The molecule has 2 aromatic rings. The molecule has 26 heavy (non-hydrogen) atoms. The van der Waals surface area contributed by atoms with Gasteiger partial charge in [0.25, 0.3) is 5.91 Å². The lowest BCUT2D eigenvalue weighted by Gasteiger charge is -2.23. The molecule has 4 rings (SSSR count). The molecule has 1 amide bonds. The molecule has 0 aliphatic carbocycles. The van der Waals surface area contributed by atoms with E-state index in [0.29, 0.717) is 29.9 Å². The van der Waals surface area contributed by atoms with Crippen molar-refractivity contribution in [3.05, 3.63) is 47.0 Å². The number of halogens is 1. The highest BCUT2D eigenvalue weighted by atomic mass is 19.1. The van der Waals surface area contributed by atoms with Gasteiger partial charge < -0.3 is 15.4 Å². The van der Waals surface area contributed by atoms with Crippen molar-refractivity contribution in [2.75, 3.05) is 11.9 Å². The van der Waals surface area contributed by atoms with Gasteiger partial charge in [-0.05, 0) is 36.5 Å². The van der Waals surface area contributed by atoms with Crippen LogP contribution in [-0.2, 0) is 11.2 Å². The average Bonchev–Trinajstić information content (AvgIpc) is 3.32. The van der Waals surface area contributed by atoms with E-state index in [1.165, 1.54) is 0 Å². The number of amides is 1. The summed E-state index contributed by atoms with van der Waals surface area (Å²) in [4.78, 5) is 12.3. The molecule has 0 saturated carbocycles. The van der Waals surface area contributed by atoms with Gasteiger partial charge >= 0.3 is 0 Å². The van der Waals surface area contributed by atoms with Gasteiger partial charge in [0.05, 0.1) is 17.9 Å². The summed E-state index contributed by atoms with van der Waals surface area (Å²) in [6, 6.07) is 7.85. The molecule has 3 N–H and O–H groups in total. The molecular formula is C19H23FN4O2. The molecule has 3 atom stereocenters. The fourth-order valence-electron chi connectivity index (χ4n) is 3.68. The summed E-state index contributed by atoms with van der Waals surface area (Å²) in [6.07, 6.45) is 1.91. The van der Waals surface area contributed by atoms with Gasteiger partial charge in [0.15, 0.2) is 11.5 Å². The SMILES string of the molecule is CC(C)Cc1[nH]nc(C(=O)Nc2ccc([C@@H]3O[C@H]4CN[C@@H]3C4)cc2)c1F. The molecule has 3 heterocycles. The molecular weight excluding hydrogens is 335 g/mol. The number of morpholine rings is 1. The maximum Gasteiger partial charge on any atom is 0.279 e. The minimum Gasteiger partial charge on any atom is -0.367 e. The Kier molecular flexibility index (Phi) is 4.50. The summed E-state index contributed by atoms with van der Waals surface area (Å²) < 4.78 is 20.3. The third kappa shape index (κ3) is 3.24. The minimum absolute atomic E-state index is 0.0564. The molecule has 2 bridgehead atoms. The van der Waals surface area contributed by atoms with E-state index in [0.717, 1.165) is 18.5 Å². The Morgan fingerprint density at radius 1 is 1.38 bits per heavy atom. The molecule has 0 radical (unpaired) electrons. The lowest BCUT2D eigenvalue weighted by atomic mass is 10.0. The number of nitrogens with one attached hydrogen (secondary N) is 3. The Morgan fingerprint density at radius 2 is 2.15 bits per heavy atom. The van der Waals surface area contributed by atoms with Crippen molar-refractivity contribution in [1.82, 2.24) is 15.5 Å². The summed E-state index contributed by atoms with van der Waals surface area (Å²) in [5.41, 5.74) is 1.84. The van der Waals surface area contributed by atoms with Crippen LogP contribution >= 0.6 is 0 Å². The van der Waals surface area contributed by atoms with Gasteiger partial charge in [0, 0.05) is 18.3 Å². The standard InChI is InChI=1S/C19H23FN4O2/c1-10(2)7-14-16(20)17(24-23-14)19(25)22-12-5-3-11(4-6-12)18-15-8-13(26-18)9-21-15/h3-6,10,13,15,18,21H,7-9H2,1-2H3,(H,22,25)(H,23,24)/t13-,15-,18+/m1/s1. The monoisotopic (exact) mass is 358 g/mol. The van der Waals surface area contributed by atoms with Crippen molar-refractivity contribution in [3.63, 3.8) is 0 Å². The maximum atomic E-state index is 14.3. The van der Waals surface area contributed by atoms with E-state index in [9.17, 15) is 9.18 Å². The topological polar surface area (TPSA) is 79.0 Å². The first-order valence-corrected chi connectivity index (χ1v) is 9.04. The summed E-state index contributed by atoms with van der Waals surface area (Å²) in [5, 5.41) is 12.6. The van der Waals surface area contributed by atoms with E-state index < -0.39 is 11.7 Å². The number of hydrogen-bond acceptors (Lipinski definition) is 4. The second-order valence-corrected chi connectivity index (χ2v) is 7.47. The van der Waals surface area contributed by atoms with E-state index in [-0.39, 0.29) is 17.7 Å². The fourth-order valence-corrected chi connectivity index (χ4v) is 3.68. The lowest BCUT2D eigenvalue weighted by molar-refractivity contribution is 0.0160. The van der Waals surface area contributed by atoms with Gasteiger partial charge in [0.1, 0.15) is 0 Å². The summed E-state index contributed by atoms with van der Waals surface area (Å²) in [7, 11) is 0. The Labute approximate surface area is 151 Å². The van der Waals surface area contributed by atoms with Crippen molar-refractivity contribution >= 4 is 11.6 Å². The number of H-pyrrole nitrogens is 1. The molecule has 138 valence electrons. The maximum absolute atomic E-state index is 14.3. The third-order valence-electron chi connectivity index (χ3n) is 4.93. The number of ether oxygens (including phenoxy) is 1. The highest BCUT2D eigenvalue weighted by Crippen LogP contribution is 2.37. The number of anilines is 1. The van der Waals surface area contributed by atoms with Gasteiger partial charge in [-0.15, -0.1) is 0 Å². The first-order chi connectivity index (χ1) is 12.5. The Morgan fingerprint density at radius 3 is 2.77 bits per heavy atom. The van der Waals surface area contributed by atoms with Crippen LogP contribution in [0.3, 0.4) is 0 Å². The van der Waals surface area contributed by atoms with Crippen LogP contribution in [0.4, 0.5) is 10.1 Å². The van der Waals surface area contributed by atoms with Gasteiger partial charge in [-0.3, -0.25) is 9.89 Å². The van der Waals surface area contributed by atoms with Gasteiger partial charge in [0.2, 0.25) is 0 Å². The second kappa shape index (κ2) is 6.81. The van der Waals surface area contributed by atoms with Crippen molar-refractivity contribution < 1.29 is 13.9 Å². The first-order valence-electron chi connectivity index (χ1n) is 9.04. The molecule has 6 nitrogen and oxygen atoms in total. The van der Waals surface area contributed by atoms with Crippen molar-refractivity contribution in [2.24, 2.45) is 5.92 Å². The van der Waals surface area contributed by atoms with E-state index >= 15 is 0 Å². The molecule has 2 aliphatic heterocycles. The number of hydrogen-bond donors (Lipinski definition) is 3. The van der Waals surface area contributed by atoms with Crippen LogP contribution in [0.2, 0.25) is 0 Å². The third-order valence-corrected chi connectivity index (χ3v) is 4.93. The predicted molar refractivity (Wildman–Crippen MR) is 95.5 cm³/mol. The van der Waals surface area contributed by atoms with Crippen LogP contribution < -0.4 is 10.6 Å². The van der Waals surface area contributed by atoms with E-state index in [4.69, 9.17) is 4.74 Å². The lowest BCUT2D eigenvalue weighted by Crippen LogP contribution is -2.33. The summed E-state index contributed by atoms with van der Waals surface area (Å²) in [6.45, 7) is 4.89. The Balaban J connectivity index is 1.43. The molecule has 2 aliphatic rings. The summed E-state index contributed by atoms with van der Waals surface area (Å²) >= 11 is 0. The van der Waals surface area contributed by atoms with Crippen LogP contribution in [-0.4, -0.2) is 34.8 Å². The molecule has 7 heteroatoms. The fraction of sp³-hybridized carbons (Fsp3) is 0.474. The van der Waals surface area contributed by atoms with Gasteiger partial charge in [-0.2, -0.15) is 5.10 Å². The number of fused-ring (bicyclic) bond motifs is 2. The molecule has 0 spiro atoms. The average molecular weight is 358 g/mol. The van der Waals surface area contributed by atoms with Crippen molar-refractivity contribution in [1.29, 1.82) is 0 Å². The molecule has 1 aromatic carbocycles. The van der Waals surface area contributed by atoms with Crippen LogP contribution in [0.25, 0.3) is 0 Å². The number of aromatic nitrogens is 2. The number of carbonyl (C=O) groups is 1. The normalized spacial score (nSPS) is 24.4. The first kappa shape index (κ1) is 17.2. The smallest absolute Gasteiger partial charge is 0.279 e. The number of rotatable bonds is 5. The van der Waals surface area contributed by atoms with Crippen molar-refractivity contribution in [2.45, 2.75) is 44.9 Å². The zero-order chi connectivity index (χ0) is 18.3. The Hall–Kier alpha value is -2.25. The molecule has 2 fully saturated rings. The zero-order valence-electron chi connectivity index (χ0n) is 14.9. The van der Waals surface area contributed by atoms with Crippen LogP contribution in [0, 0.1) is 11.7 Å². The van der Waals surface area contributed by atoms with E-state index in [2.05, 4.69) is 20.8 Å². The number of carbonyl (C=O) groups excluding carboxylic acids is 1. The predicted octanol–water partition coefficient (Wildman–Crippen LogP) is 2.80. The highest BCUT2D eigenvalue weighted by molar-refractivity contribution is 6.03. The molecule has 1 aromatic heterocycles. The number of nitrogens with zero attached hydrogens (tertiary/aromatic N) is 1. The quantitative estimate of drug-likeness (QED) is 0.768. The van der Waals surface area contributed by atoms with Crippen molar-refractivity contribution in [3.8, 4) is 0 Å². The van der Waals surface area contributed by atoms with Crippen LogP contribution in [0.15, 0.2) is 24.3 Å². The minimum atomic E-state index is -0.575. The van der Waals surface area contributed by atoms with E-state index in [1.54, 1.807) is 0 Å². The van der Waals surface area contributed by atoms with Crippen LogP contribution in [0.5, 0.6) is 0 Å². The second-order valence-electron chi connectivity index (χ2n) is 7.47. The summed E-state index contributed by atoms with van der Waals surface area (Å²) in [5.74, 6) is -0.857. The van der Waals surface area contributed by atoms with Gasteiger partial charge in [-0.1, -0.05) is 26.0 Å². The zero-order valence-corrected chi connectivity index (χ0v) is 14.9. The Bertz CT molecular complexity index is 802.